The molecule has 2 aromatic heterocycles. The summed E-state index contributed by atoms with van der Waals surface area (Å²) >= 11 is 0. The number of aromatic nitrogens is 4. The maximum absolute atomic E-state index is 11.4. The van der Waals surface area contributed by atoms with Crippen LogP contribution in [-0.2, 0) is 28.6 Å². The smallest absolute Gasteiger partial charge is 0.280 e. The lowest BCUT2D eigenvalue weighted by Crippen LogP contribution is -2.09. The third kappa shape index (κ3) is 3.85. The van der Waals surface area contributed by atoms with Crippen LogP contribution in [0.25, 0.3) is 0 Å². The molecule has 2 aromatic rings. The molecule has 0 atom stereocenters. The molecular formula is C13H19ClN4O2S. The van der Waals surface area contributed by atoms with Crippen LogP contribution >= 0.6 is 10.7 Å². The summed E-state index contributed by atoms with van der Waals surface area (Å²) in [4.78, 5) is 8.29. The summed E-state index contributed by atoms with van der Waals surface area (Å²) in [7, 11) is 1.58. The molecule has 0 bridgehead atoms. The van der Waals surface area contributed by atoms with E-state index in [4.69, 9.17) is 10.7 Å². The highest BCUT2D eigenvalue weighted by Gasteiger charge is 2.18. The van der Waals surface area contributed by atoms with Crippen molar-refractivity contribution in [1.29, 1.82) is 0 Å². The van der Waals surface area contributed by atoms with Crippen molar-refractivity contribution in [3.05, 3.63) is 30.2 Å². The standard InChI is InChI=1S/C13H19ClN4O2S/c1-3-5-12-16-13(21(14,19)20)9-18(12)8-11-7-15-10-17(11)6-4-2/h7,9-10H,3-6,8H2,1-2H3. The first-order chi connectivity index (χ1) is 9.95. The quantitative estimate of drug-likeness (QED) is 0.731. The van der Waals surface area contributed by atoms with Crippen LogP contribution in [0.2, 0.25) is 0 Å². The average molecular weight is 331 g/mol. The molecule has 0 saturated heterocycles. The molecule has 0 aliphatic rings. The van der Waals surface area contributed by atoms with E-state index in [2.05, 4.69) is 21.5 Å². The number of nitrogens with zero attached hydrogens (tertiary/aromatic N) is 4. The van der Waals surface area contributed by atoms with Crippen molar-refractivity contribution >= 4 is 19.7 Å². The predicted octanol–water partition coefficient (Wildman–Crippen LogP) is 2.42. The molecule has 0 aliphatic heterocycles. The van der Waals surface area contributed by atoms with Gasteiger partial charge in [0.15, 0.2) is 5.03 Å². The van der Waals surface area contributed by atoms with E-state index in [0.29, 0.717) is 13.0 Å². The molecule has 8 heteroatoms. The Morgan fingerprint density at radius 1 is 1.24 bits per heavy atom. The maximum atomic E-state index is 11.4. The second-order valence-corrected chi connectivity index (χ2v) is 7.40. The summed E-state index contributed by atoms with van der Waals surface area (Å²) < 4.78 is 26.8. The lowest BCUT2D eigenvalue weighted by molar-refractivity contribution is 0.606. The fraction of sp³-hybridized carbons (Fsp3) is 0.538. The van der Waals surface area contributed by atoms with Crippen molar-refractivity contribution in [2.45, 2.75) is 51.2 Å². The Balaban J connectivity index is 2.33. The van der Waals surface area contributed by atoms with Crippen molar-refractivity contribution in [1.82, 2.24) is 19.1 Å². The minimum absolute atomic E-state index is 0.0887. The molecule has 0 aliphatic carbocycles. The number of halogens is 1. The fourth-order valence-electron chi connectivity index (χ4n) is 2.20. The van der Waals surface area contributed by atoms with Gasteiger partial charge in [0.05, 0.1) is 18.6 Å². The fourth-order valence-corrected chi connectivity index (χ4v) is 2.89. The van der Waals surface area contributed by atoms with Gasteiger partial charge in [-0.05, 0) is 12.8 Å². The Kier molecular flexibility index (Phi) is 5.05. The Morgan fingerprint density at radius 3 is 2.62 bits per heavy atom. The molecule has 0 radical (unpaired) electrons. The van der Waals surface area contributed by atoms with Gasteiger partial charge in [-0.1, -0.05) is 13.8 Å². The lowest BCUT2D eigenvalue weighted by atomic mass is 10.3. The van der Waals surface area contributed by atoms with E-state index < -0.39 is 9.05 Å². The topological polar surface area (TPSA) is 69.8 Å². The molecule has 0 aromatic carbocycles. The van der Waals surface area contributed by atoms with Gasteiger partial charge in [-0.25, -0.2) is 18.4 Å². The summed E-state index contributed by atoms with van der Waals surface area (Å²) in [5.41, 5.74) is 1.02. The Morgan fingerprint density at radius 2 is 2.00 bits per heavy atom. The van der Waals surface area contributed by atoms with Crippen LogP contribution in [0.15, 0.2) is 23.7 Å². The van der Waals surface area contributed by atoms with E-state index in [0.717, 1.165) is 30.9 Å². The number of hydrogen-bond donors (Lipinski definition) is 0. The van der Waals surface area contributed by atoms with E-state index in [9.17, 15) is 8.42 Å². The Bertz CT molecular complexity index is 706. The maximum Gasteiger partial charge on any atom is 0.280 e. The van der Waals surface area contributed by atoms with Crippen LogP contribution in [0.4, 0.5) is 0 Å². The van der Waals surface area contributed by atoms with E-state index in [1.165, 1.54) is 6.20 Å². The zero-order valence-corrected chi connectivity index (χ0v) is 13.7. The largest absolute Gasteiger partial charge is 0.333 e. The molecule has 0 fully saturated rings. The monoisotopic (exact) mass is 330 g/mol. The van der Waals surface area contributed by atoms with Crippen LogP contribution in [0.3, 0.4) is 0 Å². The van der Waals surface area contributed by atoms with Gasteiger partial charge in [-0.3, -0.25) is 0 Å². The van der Waals surface area contributed by atoms with E-state index in [1.807, 2.05) is 11.5 Å². The van der Waals surface area contributed by atoms with Gasteiger partial charge in [-0.2, -0.15) is 0 Å². The molecule has 6 nitrogen and oxygen atoms in total. The second-order valence-electron chi connectivity index (χ2n) is 4.89. The van der Waals surface area contributed by atoms with E-state index in [-0.39, 0.29) is 5.03 Å². The normalized spacial score (nSPS) is 12.0. The van der Waals surface area contributed by atoms with Crippen molar-refractivity contribution in [2.24, 2.45) is 0 Å². The minimum Gasteiger partial charge on any atom is -0.333 e. The average Bonchev–Trinajstić information content (AvgIpc) is 2.99. The lowest BCUT2D eigenvalue weighted by Gasteiger charge is -2.09. The summed E-state index contributed by atoms with van der Waals surface area (Å²) in [5, 5.41) is -0.0887. The zero-order valence-electron chi connectivity index (χ0n) is 12.2. The van der Waals surface area contributed by atoms with Crippen LogP contribution in [0.5, 0.6) is 0 Å². The van der Waals surface area contributed by atoms with Gasteiger partial charge in [0.1, 0.15) is 5.82 Å². The van der Waals surface area contributed by atoms with Crippen molar-refractivity contribution in [3.8, 4) is 0 Å². The van der Waals surface area contributed by atoms with Gasteiger partial charge in [0.2, 0.25) is 0 Å². The Labute approximate surface area is 129 Å². The van der Waals surface area contributed by atoms with Gasteiger partial charge >= 0.3 is 0 Å². The van der Waals surface area contributed by atoms with Crippen LogP contribution in [0.1, 0.15) is 38.2 Å². The highest BCUT2D eigenvalue weighted by atomic mass is 35.7. The number of imidazole rings is 2. The minimum atomic E-state index is -3.80. The molecule has 2 rings (SSSR count). The summed E-state index contributed by atoms with van der Waals surface area (Å²) in [6.45, 7) is 5.54. The molecular weight excluding hydrogens is 312 g/mol. The van der Waals surface area contributed by atoms with Crippen LogP contribution in [-0.4, -0.2) is 27.5 Å². The second kappa shape index (κ2) is 6.62. The molecule has 0 amide bonds. The molecule has 0 spiro atoms. The van der Waals surface area contributed by atoms with Crippen LogP contribution in [0, 0.1) is 0 Å². The van der Waals surface area contributed by atoms with Crippen molar-refractivity contribution in [2.75, 3.05) is 0 Å². The van der Waals surface area contributed by atoms with Crippen molar-refractivity contribution < 1.29 is 8.42 Å². The molecule has 2 heterocycles. The van der Waals surface area contributed by atoms with Crippen molar-refractivity contribution in [3.63, 3.8) is 0 Å². The predicted molar refractivity (Wildman–Crippen MR) is 80.9 cm³/mol. The number of rotatable bonds is 7. The molecule has 21 heavy (non-hydrogen) atoms. The van der Waals surface area contributed by atoms with Gasteiger partial charge in [0.25, 0.3) is 9.05 Å². The van der Waals surface area contributed by atoms with Gasteiger partial charge < -0.3 is 9.13 Å². The summed E-state index contributed by atoms with van der Waals surface area (Å²) in [6, 6.07) is 0. The first-order valence-corrected chi connectivity index (χ1v) is 9.26. The first kappa shape index (κ1) is 16.0. The van der Waals surface area contributed by atoms with E-state index >= 15 is 0 Å². The van der Waals surface area contributed by atoms with Gasteiger partial charge in [0, 0.05) is 36.0 Å². The molecule has 0 unspecified atom stereocenters. The molecule has 116 valence electrons. The summed E-state index contributed by atoms with van der Waals surface area (Å²) in [6.07, 6.45) is 7.67. The molecule has 0 N–H and O–H groups in total. The molecule has 0 saturated carbocycles. The SMILES string of the molecule is CCCc1nc(S(=O)(=O)Cl)cn1Cc1cncn1CCC. The zero-order chi connectivity index (χ0) is 15.5. The number of hydrogen-bond acceptors (Lipinski definition) is 4. The highest BCUT2D eigenvalue weighted by molar-refractivity contribution is 8.13. The summed E-state index contributed by atoms with van der Waals surface area (Å²) in [5.74, 6) is 0.723. The Hall–Kier alpha value is -1.34. The third-order valence-electron chi connectivity index (χ3n) is 3.16. The third-order valence-corrected chi connectivity index (χ3v) is 4.33. The van der Waals surface area contributed by atoms with Gasteiger partial charge in [-0.15, -0.1) is 0 Å². The first-order valence-electron chi connectivity index (χ1n) is 6.95. The number of aryl methyl sites for hydroxylation is 2. The van der Waals surface area contributed by atoms with Crippen LogP contribution < -0.4 is 0 Å². The van der Waals surface area contributed by atoms with E-state index in [1.54, 1.807) is 12.5 Å². The highest BCUT2D eigenvalue weighted by Crippen LogP contribution is 2.17.